The van der Waals surface area contributed by atoms with Crippen LogP contribution in [0.25, 0.3) is 0 Å². The predicted molar refractivity (Wildman–Crippen MR) is 92.7 cm³/mol. The Hall–Kier alpha value is 1.05. The van der Waals surface area contributed by atoms with Crippen molar-refractivity contribution in [3.8, 4) is 0 Å². The largest absolute Gasteiger partial charge is 0.418 e. The van der Waals surface area contributed by atoms with Crippen molar-refractivity contribution in [3.05, 3.63) is 0 Å². The second-order valence-electron chi connectivity index (χ2n) is 5.53. The van der Waals surface area contributed by atoms with Crippen molar-refractivity contribution >= 4 is 38.2 Å². The van der Waals surface area contributed by atoms with Crippen molar-refractivity contribution in [2.24, 2.45) is 0 Å². The lowest BCUT2D eigenvalue weighted by Crippen LogP contribution is -2.31. The molecular weight excluding hydrogens is 296 g/mol. The molecule has 0 aromatic heterocycles. The van der Waals surface area contributed by atoms with Gasteiger partial charge in [0.25, 0.3) is 0 Å². The summed E-state index contributed by atoms with van der Waals surface area (Å²) in [4.78, 5) is 0. The van der Waals surface area contributed by atoms with Gasteiger partial charge in [0.2, 0.25) is 0 Å². The minimum atomic E-state index is -1.36. The van der Waals surface area contributed by atoms with Gasteiger partial charge < -0.3 is 8.85 Å². The molecule has 110 valence electrons. The van der Waals surface area contributed by atoms with E-state index in [-0.39, 0.29) is 0 Å². The average Bonchev–Trinajstić information content (AvgIpc) is 2.22. The normalized spacial score (nSPS) is 13.0. The fraction of sp³-hybridized carbons (Fsp3) is 1.00. The van der Waals surface area contributed by atoms with Crippen LogP contribution >= 0.6 is 21.6 Å². The molecule has 0 heterocycles. The van der Waals surface area contributed by atoms with Crippen molar-refractivity contribution in [3.63, 3.8) is 0 Å². The fourth-order valence-corrected chi connectivity index (χ4v) is 10.5. The average molecular weight is 327 g/mol. The van der Waals surface area contributed by atoms with Crippen LogP contribution in [0.1, 0.15) is 13.8 Å². The SMILES string of the molecule is CCO[Si](C)(C)CCSSCC[Si](C)(C)OCC. The van der Waals surface area contributed by atoms with Gasteiger partial charge >= 0.3 is 0 Å². The van der Waals surface area contributed by atoms with Crippen LogP contribution in [0.2, 0.25) is 38.3 Å². The van der Waals surface area contributed by atoms with Gasteiger partial charge in [0.15, 0.2) is 16.6 Å². The summed E-state index contributed by atoms with van der Waals surface area (Å²) in [5.74, 6) is 2.45. The molecule has 0 amide bonds. The van der Waals surface area contributed by atoms with E-state index in [9.17, 15) is 0 Å². The van der Waals surface area contributed by atoms with E-state index in [0.717, 1.165) is 13.2 Å². The molecule has 2 nitrogen and oxygen atoms in total. The molecule has 0 N–H and O–H groups in total. The van der Waals surface area contributed by atoms with Crippen molar-refractivity contribution in [2.45, 2.75) is 52.1 Å². The zero-order valence-electron chi connectivity index (χ0n) is 12.9. The van der Waals surface area contributed by atoms with E-state index in [0.29, 0.717) is 0 Å². The second kappa shape index (κ2) is 9.88. The first-order valence-corrected chi connectivity index (χ1v) is 15.6. The number of hydrogen-bond donors (Lipinski definition) is 0. The molecule has 0 bridgehead atoms. The molecule has 0 radical (unpaired) electrons. The van der Waals surface area contributed by atoms with Crippen LogP contribution < -0.4 is 0 Å². The van der Waals surface area contributed by atoms with E-state index in [1.165, 1.54) is 23.6 Å². The lowest BCUT2D eigenvalue weighted by molar-refractivity contribution is 0.330. The van der Waals surface area contributed by atoms with Crippen LogP contribution in [0.5, 0.6) is 0 Å². The summed E-state index contributed by atoms with van der Waals surface area (Å²) in [6.07, 6.45) is 0. The van der Waals surface area contributed by atoms with E-state index in [2.05, 4.69) is 40.0 Å². The van der Waals surface area contributed by atoms with Gasteiger partial charge in [-0.05, 0) is 52.1 Å². The topological polar surface area (TPSA) is 18.5 Å². The van der Waals surface area contributed by atoms with Crippen LogP contribution in [-0.4, -0.2) is 41.4 Å². The monoisotopic (exact) mass is 326 g/mol. The third-order valence-electron chi connectivity index (χ3n) is 2.73. The smallest absolute Gasteiger partial charge is 0.187 e. The molecule has 0 unspecified atom stereocenters. The maximum Gasteiger partial charge on any atom is 0.187 e. The summed E-state index contributed by atoms with van der Waals surface area (Å²) in [7, 11) is 1.28. The van der Waals surface area contributed by atoms with Gasteiger partial charge in [-0.25, -0.2) is 0 Å². The highest BCUT2D eigenvalue weighted by Crippen LogP contribution is 2.28. The molecule has 0 atom stereocenters. The Morgan fingerprint density at radius 1 is 0.722 bits per heavy atom. The Balaban J connectivity index is 3.52. The van der Waals surface area contributed by atoms with E-state index < -0.39 is 16.6 Å². The van der Waals surface area contributed by atoms with Crippen molar-refractivity contribution in [1.29, 1.82) is 0 Å². The quantitative estimate of drug-likeness (QED) is 0.307. The van der Waals surface area contributed by atoms with Crippen LogP contribution in [-0.2, 0) is 8.85 Å². The molecule has 0 aromatic rings. The predicted octanol–water partition coefficient (Wildman–Crippen LogP) is 4.85. The first-order chi connectivity index (χ1) is 8.33. The van der Waals surface area contributed by atoms with Gasteiger partial charge in [-0.1, -0.05) is 21.6 Å². The van der Waals surface area contributed by atoms with Crippen LogP contribution in [0.3, 0.4) is 0 Å². The molecule has 0 aliphatic carbocycles. The third-order valence-corrected chi connectivity index (χ3v) is 10.9. The number of hydrogen-bond acceptors (Lipinski definition) is 4. The van der Waals surface area contributed by atoms with Gasteiger partial charge in [-0.2, -0.15) is 0 Å². The molecular formula is C12H30O2S2Si2. The summed E-state index contributed by atoms with van der Waals surface area (Å²) >= 11 is 0. The maximum absolute atomic E-state index is 5.83. The molecule has 0 aromatic carbocycles. The number of rotatable bonds is 11. The van der Waals surface area contributed by atoms with Gasteiger partial charge in [-0.15, -0.1) is 0 Å². The Morgan fingerprint density at radius 3 is 1.33 bits per heavy atom. The minimum absolute atomic E-state index is 0.866. The first kappa shape index (κ1) is 19.1. The highest BCUT2D eigenvalue weighted by atomic mass is 33.1. The maximum atomic E-state index is 5.83. The molecule has 18 heavy (non-hydrogen) atoms. The van der Waals surface area contributed by atoms with E-state index in [4.69, 9.17) is 8.85 Å². The lowest BCUT2D eigenvalue weighted by Gasteiger charge is -2.22. The highest BCUT2D eigenvalue weighted by Gasteiger charge is 2.22. The molecule has 0 spiro atoms. The van der Waals surface area contributed by atoms with Gasteiger partial charge in [-0.3, -0.25) is 0 Å². The van der Waals surface area contributed by atoms with Crippen LogP contribution in [0, 0.1) is 0 Å². The summed E-state index contributed by atoms with van der Waals surface area (Å²) in [5, 5.41) is 0. The van der Waals surface area contributed by atoms with E-state index in [1.807, 2.05) is 21.6 Å². The molecule has 0 saturated carbocycles. The highest BCUT2D eigenvalue weighted by molar-refractivity contribution is 8.76. The van der Waals surface area contributed by atoms with Crippen molar-refractivity contribution in [2.75, 3.05) is 24.7 Å². The molecule has 6 heteroatoms. The molecule has 0 rings (SSSR count). The third kappa shape index (κ3) is 10.9. The fourth-order valence-electron chi connectivity index (χ4n) is 1.62. The molecule has 0 aliphatic rings. The Bertz CT molecular complexity index is 192. The summed E-state index contributed by atoms with van der Waals surface area (Å²) in [5.41, 5.74) is 0. The zero-order valence-corrected chi connectivity index (χ0v) is 16.5. The molecule has 0 fully saturated rings. The minimum Gasteiger partial charge on any atom is -0.418 e. The van der Waals surface area contributed by atoms with E-state index in [1.54, 1.807) is 0 Å². The first-order valence-electron chi connectivity index (χ1n) is 6.85. The Kier molecular flexibility index (Phi) is 10.5. The van der Waals surface area contributed by atoms with Crippen LogP contribution in [0.4, 0.5) is 0 Å². The molecule has 0 saturated heterocycles. The van der Waals surface area contributed by atoms with Gasteiger partial charge in [0.05, 0.1) is 0 Å². The van der Waals surface area contributed by atoms with E-state index >= 15 is 0 Å². The Labute approximate surface area is 124 Å². The van der Waals surface area contributed by atoms with Gasteiger partial charge in [0.1, 0.15) is 0 Å². The summed E-state index contributed by atoms with van der Waals surface area (Å²) in [6.45, 7) is 15.2. The standard InChI is InChI=1S/C12H30O2S2Si2/c1-7-13-17(3,4)11-9-15-16-10-12-18(5,6)14-8-2/h7-12H2,1-6H3. The van der Waals surface area contributed by atoms with Gasteiger partial charge in [0, 0.05) is 24.7 Å². The van der Waals surface area contributed by atoms with Crippen LogP contribution in [0.15, 0.2) is 0 Å². The van der Waals surface area contributed by atoms with Crippen molar-refractivity contribution in [1.82, 2.24) is 0 Å². The zero-order chi connectivity index (χ0) is 14.1. The lowest BCUT2D eigenvalue weighted by atomic mass is 10.9. The van der Waals surface area contributed by atoms with Crippen molar-refractivity contribution < 1.29 is 8.85 Å². The summed E-state index contributed by atoms with van der Waals surface area (Å²) in [6, 6.07) is 2.51. The Morgan fingerprint density at radius 2 is 1.06 bits per heavy atom. The second-order valence-corrected chi connectivity index (χ2v) is 16.8. The molecule has 0 aliphatic heterocycles. The summed E-state index contributed by atoms with van der Waals surface area (Å²) < 4.78 is 11.7.